The summed E-state index contributed by atoms with van der Waals surface area (Å²) >= 11 is 0. The zero-order chi connectivity index (χ0) is 20.9. The Hall–Kier alpha value is -3.67. The summed E-state index contributed by atoms with van der Waals surface area (Å²) in [6.07, 6.45) is 3.41. The van der Waals surface area contributed by atoms with Gasteiger partial charge in [0, 0.05) is 12.2 Å². The summed E-state index contributed by atoms with van der Waals surface area (Å²) in [6, 6.07) is 21.2. The van der Waals surface area contributed by atoms with Crippen LogP contribution in [-0.2, 0) is 17.9 Å². The maximum Gasteiger partial charge on any atom is 0.247 e. The van der Waals surface area contributed by atoms with Gasteiger partial charge < -0.3 is 14.2 Å². The maximum absolute atomic E-state index is 13.3. The van der Waals surface area contributed by atoms with Crippen molar-refractivity contribution in [2.24, 2.45) is 0 Å². The predicted molar refractivity (Wildman–Crippen MR) is 117 cm³/mol. The van der Waals surface area contributed by atoms with Gasteiger partial charge in [-0.1, -0.05) is 30.3 Å². The van der Waals surface area contributed by atoms with Crippen molar-refractivity contribution in [1.82, 2.24) is 14.5 Å². The molecule has 0 saturated carbocycles. The Bertz CT molecular complexity index is 1120. The van der Waals surface area contributed by atoms with Gasteiger partial charge in [0.15, 0.2) is 0 Å². The van der Waals surface area contributed by atoms with E-state index in [1.54, 1.807) is 17.3 Å². The Morgan fingerprint density at radius 3 is 2.53 bits per heavy atom. The van der Waals surface area contributed by atoms with Gasteiger partial charge in [-0.05, 0) is 50.2 Å². The molecule has 152 valence electrons. The molecule has 0 saturated heterocycles. The highest BCUT2D eigenvalue weighted by Gasteiger charge is 2.22. The predicted octanol–water partition coefficient (Wildman–Crippen LogP) is 4.45. The third-order valence-electron chi connectivity index (χ3n) is 4.85. The molecule has 6 heteroatoms. The molecule has 0 radical (unpaired) electrons. The van der Waals surface area contributed by atoms with Crippen LogP contribution in [0.3, 0.4) is 0 Å². The Morgan fingerprint density at radius 2 is 1.80 bits per heavy atom. The van der Waals surface area contributed by atoms with Crippen LogP contribution in [-0.4, -0.2) is 26.5 Å². The molecule has 0 bridgehead atoms. The van der Waals surface area contributed by atoms with Gasteiger partial charge in [0.1, 0.15) is 24.7 Å². The zero-order valence-electron chi connectivity index (χ0n) is 17.1. The molecular weight excluding hydrogens is 376 g/mol. The number of pyridine rings is 1. The molecule has 2 heterocycles. The number of fused-ring (bicyclic) bond motifs is 1. The third kappa shape index (κ3) is 4.17. The zero-order valence-corrected chi connectivity index (χ0v) is 17.1. The number of anilines is 1. The third-order valence-corrected chi connectivity index (χ3v) is 4.85. The van der Waals surface area contributed by atoms with E-state index in [1.165, 1.54) is 0 Å². The van der Waals surface area contributed by atoms with Crippen molar-refractivity contribution in [2.45, 2.75) is 33.0 Å². The summed E-state index contributed by atoms with van der Waals surface area (Å²) < 4.78 is 7.86. The Morgan fingerprint density at radius 1 is 1.03 bits per heavy atom. The maximum atomic E-state index is 13.3. The van der Waals surface area contributed by atoms with Crippen LogP contribution in [0.4, 0.5) is 5.69 Å². The first-order chi connectivity index (χ1) is 14.6. The number of para-hydroxylation sites is 3. The van der Waals surface area contributed by atoms with E-state index >= 15 is 0 Å². The summed E-state index contributed by atoms with van der Waals surface area (Å²) in [7, 11) is 0. The van der Waals surface area contributed by atoms with E-state index in [0.717, 1.165) is 22.5 Å². The molecule has 1 amide bonds. The van der Waals surface area contributed by atoms with E-state index in [9.17, 15) is 4.79 Å². The first-order valence-electron chi connectivity index (χ1n) is 9.97. The lowest BCUT2D eigenvalue weighted by Gasteiger charge is -2.27. The lowest BCUT2D eigenvalue weighted by Crippen LogP contribution is -2.39. The van der Waals surface area contributed by atoms with E-state index in [4.69, 9.17) is 9.72 Å². The minimum absolute atomic E-state index is 0.000467. The van der Waals surface area contributed by atoms with Crippen molar-refractivity contribution in [3.63, 3.8) is 0 Å². The van der Waals surface area contributed by atoms with Gasteiger partial charge in [0.05, 0.1) is 22.9 Å². The summed E-state index contributed by atoms with van der Waals surface area (Å²) in [6.45, 7) is 4.44. The van der Waals surface area contributed by atoms with E-state index in [0.29, 0.717) is 5.82 Å². The number of aromatic nitrogens is 3. The second-order valence-corrected chi connectivity index (χ2v) is 7.27. The van der Waals surface area contributed by atoms with Crippen LogP contribution >= 0.6 is 0 Å². The summed E-state index contributed by atoms with van der Waals surface area (Å²) in [5.74, 6) is 1.45. The minimum Gasteiger partial charge on any atom is -0.486 e. The molecule has 0 aliphatic rings. The van der Waals surface area contributed by atoms with E-state index in [-0.39, 0.29) is 25.1 Å². The number of nitrogens with zero attached hydrogens (tertiary/aromatic N) is 4. The Labute approximate surface area is 175 Å². The number of imidazole rings is 1. The summed E-state index contributed by atoms with van der Waals surface area (Å²) in [5.41, 5.74) is 2.53. The summed E-state index contributed by atoms with van der Waals surface area (Å²) in [5, 5.41) is 0. The average Bonchev–Trinajstić information content (AvgIpc) is 3.11. The van der Waals surface area contributed by atoms with Gasteiger partial charge in [0.25, 0.3) is 0 Å². The minimum atomic E-state index is -0.0258. The monoisotopic (exact) mass is 400 g/mol. The molecule has 4 rings (SSSR count). The molecule has 2 aromatic carbocycles. The smallest absolute Gasteiger partial charge is 0.247 e. The Balaban J connectivity index is 1.64. The normalized spacial score (nSPS) is 11.0. The van der Waals surface area contributed by atoms with E-state index in [2.05, 4.69) is 4.98 Å². The number of rotatable bonds is 7. The molecule has 0 aliphatic carbocycles. The van der Waals surface area contributed by atoms with Crippen LogP contribution in [0.25, 0.3) is 11.0 Å². The molecule has 0 aliphatic heterocycles. The number of ether oxygens (including phenoxy) is 1. The molecule has 2 aromatic heterocycles. The first kappa shape index (κ1) is 19.6. The van der Waals surface area contributed by atoms with Crippen molar-refractivity contribution >= 4 is 22.6 Å². The van der Waals surface area contributed by atoms with Gasteiger partial charge in [-0.3, -0.25) is 9.78 Å². The van der Waals surface area contributed by atoms with Gasteiger partial charge in [-0.15, -0.1) is 0 Å². The fraction of sp³-hybridized carbons (Fsp3) is 0.208. The van der Waals surface area contributed by atoms with E-state index in [1.807, 2.05) is 85.1 Å². The van der Waals surface area contributed by atoms with Crippen LogP contribution < -0.4 is 9.64 Å². The molecule has 4 aromatic rings. The average molecular weight is 400 g/mol. The molecule has 0 N–H and O–H groups in total. The topological polar surface area (TPSA) is 60.2 Å². The standard InChI is InChI=1S/C24H24N4O2/c1-18(2)28(19-9-8-14-25-15-19)24(29)16-27-22-13-7-6-12-21(22)26-23(27)17-30-20-10-4-3-5-11-20/h3-15,18H,16-17H2,1-2H3. The largest absolute Gasteiger partial charge is 0.486 e. The van der Waals surface area contributed by atoms with Crippen LogP contribution in [0.1, 0.15) is 19.7 Å². The number of carbonyl (C=O) groups is 1. The van der Waals surface area contributed by atoms with Crippen molar-refractivity contribution in [2.75, 3.05) is 4.90 Å². The molecule has 6 nitrogen and oxygen atoms in total. The number of hydrogen-bond acceptors (Lipinski definition) is 4. The second-order valence-electron chi connectivity index (χ2n) is 7.27. The lowest BCUT2D eigenvalue weighted by atomic mass is 10.2. The molecule has 0 spiro atoms. The molecule has 0 fully saturated rings. The lowest BCUT2D eigenvalue weighted by molar-refractivity contribution is -0.119. The highest BCUT2D eigenvalue weighted by atomic mass is 16.5. The molecular formula is C24H24N4O2. The number of hydrogen-bond donors (Lipinski definition) is 0. The quantitative estimate of drug-likeness (QED) is 0.460. The molecule has 30 heavy (non-hydrogen) atoms. The number of carbonyl (C=O) groups excluding carboxylic acids is 1. The SMILES string of the molecule is CC(C)N(C(=O)Cn1c(COc2ccccc2)nc2ccccc21)c1cccnc1. The van der Waals surface area contributed by atoms with Crippen molar-refractivity contribution in [3.05, 3.63) is 84.9 Å². The second kappa shape index (κ2) is 8.78. The summed E-state index contributed by atoms with van der Waals surface area (Å²) in [4.78, 5) is 24.0. The Kier molecular flexibility index (Phi) is 5.75. The van der Waals surface area contributed by atoms with E-state index < -0.39 is 0 Å². The van der Waals surface area contributed by atoms with Crippen LogP contribution in [0.2, 0.25) is 0 Å². The number of benzene rings is 2. The highest BCUT2D eigenvalue weighted by Crippen LogP contribution is 2.21. The van der Waals surface area contributed by atoms with Crippen LogP contribution in [0.15, 0.2) is 79.1 Å². The van der Waals surface area contributed by atoms with Crippen molar-refractivity contribution < 1.29 is 9.53 Å². The van der Waals surface area contributed by atoms with Crippen LogP contribution in [0.5, 0.6) is 5.75 Å². The first-order valence-corrected chi connectivity index (χ1v) is 9.97. The van der Waals surface area contributed by atoms with Gasteiger partial charge in [0.2, 0.25) is 5.91 Å². The van der Waals surface area contributed by atoms with Crippen molar-refractivity contribution in [3.8, 4) is 5.75 Å². The van der Waals surface area contributed by atoms with Gasteiger partial charge >= 0.3 is 0 Å². The number of amides is 1. The van der Waals surface area contributed by atoms with Crippen molar-refractivity contribution in [1.29, 1.82) is 0 Å². The van der Waals surface area contributed by atoms with Gasteiger partial charge in [-0.25, -0.2) is 4.98 Å². The fourth-order valence-electron chi connectivity index (χ4n) is 3.51. The van der Waals surface area contributed by atoms with Crippen LogP contribution in [0, 0.1) is 0 Å². The fourth-order valence-corrected chi connectivity index (χ4v) is 3.51. The molecule has 0 unspecified atom stereocenters. The van der Waals surface area contributed by atoms with Gasteiger partial charge in [-0.2, -0.15) is 0 Å². The molecule has 0 atom stereocenters. The highest BCUT2D eigenvalue weighted by molar-refractivity contribution is 5.94.